The van der Waals surface area contributed by atoms with E-state index in [1.54, 1.807) is 7.11 Å². The third kappa shape index (κ3) is 21.1. The first-order valence-electron chi connectivity index (χ1n) is 10.2. The van der Waals surface area contributed by atoms with Crippen molar-refractivity contribution in [3.63, 3.8) is 0 Å². The Morgan fingerprint density at radius 2 is 1.24 bits per heavy atom. The molecule has 0 aliphatic heterocycles. The van der Waals surface area contributed by atoms with Gasteiger partial charge in [0.15, 0.2) is 0 Å². The minimum absolute atomic E-state index is 0.122. The van der Waals surface area contributed by atoms with E-state index in [-0.39, 0.29) is 6.61 Å². The van der Waals surface area contributed by atoms with Gasteiger partial charge in [0.2, 0.25) is 0 Å². The van der Waals surface area contributed by atoms with Gasteiger partial charge in [-0.2, -0.15) is 0 Å². The Bertz CT molecular complexity index is 312. The molecule has 0 spiro atoms. The van der Waals surface area contributed by atoms with Crippen LogP contribution in [0.1, 0.15) is 84.8 Å². The van der Waals surface area contributed by atoms with Crippen molar-refractivity contribution < 1.29 is 9.84 Å². The zero-order valence-electron chi connectivity index (χ0n) is 18.0. The van der Waals surface area contributed by atoms with Gasteiger partial charge in [0.25, 0.3) is 0 Å². The molecule has 0 saturated heterocycles. The lowest BCUT2D eigenvalue weighted by Gasteiger charge is -2.06. The van der Waals surface area contributed by atoms with Gasteiger partial charge in [0, 0.05) is 20.3 Å². The van der Waals surface area contributed by atoms with E-state index in [2.05, 4.69) is 17.4 Å². The van der Waals surface area contributed by atoms with Crippen molar-refractivity contribution in [3.8, 4) is 0 Å². The highest BCUT2D eigenvalue weighted by atomic mass is 16.5. The number of methoxy groups -OCH3 is 1. The predicted octanol–water partition coefficient (Wildman–Crippen LogP) is 5.94. The summed E-state index contributed by atoms with van der Waals surface area (Å²) in [6, 6.07) is 8.10. The summed E-state index contributed by atoms with van der Waals surface area (Å²) >= 11 is 0. The zero-order chi connectivity index (χ0) is 19.8. The number of ether oxygens (including phenoxy) is 1. The zero-order valence-corrected chi connectivity index (χ0v) is 18.0. The highest BCUT2D eigenvalue weighted by molar-refractivity contribution is 5.21. The van der Waals surface area contributed by atoms with Crippen LogP contribution >= 0.6 is 0 Å². The van der Waals surface area contributed by atoms with Crippen LogP contribution in [-0.2, 0) is 17.9 Å². The molecule has 2 N–H and O–H groups in total. The van der Waals surface area contributed by atoms with Crippen molar-refractivity contribution >= 4 is 0 Å². The van der Waals surface area contributed by atoms with Crippen LogP contribution in [0.2, 0.25) is 0 Å². The lowest BCUT2D eigenvalue weighted by molar-refractivity contribution is 0.192. The molecule has 0 atom stereocenters. The van der Waals surface area contributed by atoms with Gasteiger partial charge in [-0.15, -0.1) is 0 Å². The fourth-order valence-electron chi connectivity index (χ4n) is 2.02. The number of benzene rings is 1. The van der Waals surface area contributed by atoms with Crippen molar-refractivity contribution in [1.29, 1.82) is 0 Å². The van der Waals surface area contributed by atoms with Crippen LogP contribution in [-0.4, -0.2) is 25.4 Å². The topological polar surface area (TPSA) is 41.5 Å². The Hall–Kier alpha value is -0.900. The van der Waals surface area contributed by atoms with Gasteiger partial charge in [-0.1, -0.05) is 85.1 Å². The van der Waals surface area contributed by atoms with Crippen molar-refractivity contribution in [3.05, 3.63) is 35.4 Å². The summed E-state index contributed by atoms with van der Waals surface area (Å²) in [7, 11) is 1.76. The number of hydrogen-bond acceptors (Lipinski definition) is 3. The van der Waals surface area contributed by atoms with Crippen LogP contribution in [0.25, 0.3) is 0 Å². The molecule has 0 saturated carbocycles. The second-order valence-electron chi connectivity index (χ2n) is 4.91. The number of hydrogen-bond donors (Lipinski definition) is 2. The van der Waals surface area contributed by atoms with Gasteiger partial charge >= 0.3 is 0 Å². The molecule has 1 rings (SSSR count). The minimum atomic E-state index is 0.122. The van der Waals surface area contributed by atoms with E-state index >= 15 is 0 Å². The molecule has 0 bridgehead atoms. The largest absolute Gasteiger partial charge is 0.392 e. The molecule has 3 nitrogen and oxygen atoms in total. The molecule has 1 aromatic carbocycles. The van der Waals surface area contributed by atoms with Gasteiger partial charge in [-0.25, -0.2) is 0 Å². The molecular formula is C22H45NO2. The Balaban J connectivity index is -0.000000725. The summed E-state index contributed by atoms with van der Waals surface area (Å²) in [6.45, 7) is 15.0. The fourth-order valence-corrected chi connectivity index (χ4v) is 2.02. The molecule has 0 heterocycles. The van der Waals surface area contributed by atoms with Crippen LogP contribution < -0.4 is 5.32 Å². The molecule has 0 amide bonds. The number of unbranched alkanes of at least 4 members (excludes halogenated alkanes) is 4. The first kappa shape index (κ1) is 28.9. The molecule has 150 valence electrons. The molecule has 0 aromatic heterocycles. The molecule has 0 aliphatic rings. The molecule has 0 radical (unpaired) electrons. The van der Waals surface area contributed by atoms with Crippen LogP contribution in [0.4, 0.5) is 0 Å². The lowest BCUT2D eigenvalue weighted by atomic mass is 10.1. The summed E-state index contributed by atoms with van der Waals surface area (Å²) in [5.41, 5.74) is 2.25. The Morgan fingerprint density at radius 1 is 0.760 bits per heavy atom. The molecule has 0 fully saturated rings. The molecular weight excluding hydrogens is 310 g/mol. The maximum absolute atomic E-state index is 8.96. The van der Waals surface area contributed by atoms with E-state index < -0.39 is 0 Å². The van der Waals surface area contributed by atoms with Crippen molar-refractivity contribution in [2.75, 3.05) is 20.3 Å². The Labute approximate surface area is 158 Å². The summed E-state index contributed by atoms with van der Waals surface area (Å²) in [5, 5.41) is 12.4. The van der Waals surface area contributed by atoms with Crippen LogP contribution in [0.5, 0.6) is 0 Å². The number of aliphatic hydroxyl groups is 1. The van der Waals surface area contributed by atoms with Crippen molar-refractivity contribution in [2.45, 2.75) is 86.8 Å². The monoisotopic (exact) mass is 355 g/mol. The highest BCUT2D eigenvalue weighted by Gasteiger charge is 1.94. The second kappa shape index (κ2) is 27.9. The van der Waals surface area contributed by atoms with Gasteiger partial charge < -0.3 is 15.2 Å². The van der Waals surface area contributed by atoms with Gasteiger partial charge in [0.1, 0.15) is 0 Å². The number of rotatable bonds is 11. The van der Waals surface area contributed by atoms with Gasteiger partial charge in [0.05, 0.1) is 6.61 Å². The highest BCUT2D eigenvalue weighted by Crippen LogP contribution is 2.05. The predicted molar refractivity (Wildman–Crippen MR) is 113 cm³/mol. The van der Waals surface area contributed by atoms with E-state index in [9.17, 15) is 0 Å². The third-order valence-electron chi connectivity index (χ3n) is 3.24. The maximum atomic E-state index is 8.96. The molecule has 1 aromatic rings. The van der Waals surface area contributed by atoms with E-state index in [0.29, 0.717) is 0 Å². The first-order valence-corrected chi connectivity index (χ1v) is 10.2. The number of aliphatic hydroxyl groups excluding tert-OH is 1. The van der Waals surface area contributed by atoms with E-state index in [1.165, 1.54) is 37.7 Å². The van der Waals surface area contributed by atoms with Gasteiger partial charge in [-0.05, 0) is 30.5 Å². The maximum Gasteiger partial charge on any atom is 0.0681 e. The van der Waals surface area contributed by atoms with Crippen molar-refractivity contribution in [1.82, 2.24) is 5.32 Å². The van der Waals surface area contributed by atoms with Crippen LogP contribution in [0.15, 0.2) is 24.3 Å². The Kier molecular flexibility index (Phi) is 32.3. The van der Waals surface area contributed by atoms with Crippen LogP contribution in [0.3, 0.4) is 0 Å². The second-order valence-corrected chi connectivity index (χ2v) is 4.91. The first-order chi connectivity index (χ1) is 12.4. The SMILES string of the molecule is CC.CC.CC.COCCCCCCCNCc1ccc(CO)cc1. The standard InChI is InChI=1S/C16H27NO2.3C2H6/c1-19-12-6-4-2-3-5-11-17-13-15-7-9-16(14-18)10-8-15;3*1-2/h7-10,17-18H,2-6,11-14H2,1H3;3*1-2H3. The minimum Gasteiger partial charge on any atom is -0.392 e. The average Bonchev–Trinajstić information content (AvgIpc) is 2.72. The quantitative estimate of drug-likeness (QED) is 0.482. The van der Waals surface area contributed by atoms with E-state index in [0.717, 1.165) is 25.3 Å². The summed E-state index contributed by atoms with van der Waals surface area (Å²) in [4.78, 5) is 0. The van der Waals surface area contributed by atoms with Crippen LogP contribution in [0, 0.1) is 0 Å². The molecule has 3 heteroatoms. The molecule has 0 aliphatic carbocycles. The average molecular weight is 356 g/mol. The van der Waals surface area contributed by atoms with E-state index in [1.807, 2.05) is 53.7 Å². The lowest BCUT2D eigenvalue weighted by Crippen LogP contribution is -2.14. The van der Waals surface area contributed by atoms with Gasteiger partial charge in [-0.3, -0.25) is 0 Å². The smallest absolute Gasteiger partial charge is 0.0681 e. The fraction of sp³-hybridized carbons (Fsp3) is 0.727. The van der Waals surface area contributed by atoms with E-state index in [4.69, 9.17) is 9.84 Å². The van der Waals surface area contributed by atoms with Crippen molar-refractivity contribution in [2.24, 2.45) is 0 Å². The molecule has 25 heavy (non-hydrogen) atoms. The third-order valence-corrected chi connectivity index (χ3v) is 3.24. The Morgan fingerprint density at radius 3 is 1.76 bits per heavy atom. The normalized spacial score (nSPS) is 8.96. The summed E-state index contributed by atoms with van der Waals surface area (Å²) < 4.78 is 5.02. The summed E-state index contributed by atoms with van der Waals surface area (Å²) in [5.74, 6) is 0. The number of nitrogens with one attached hydrogen (secondary N) is 1. The molecule has 0 unspecified atom stereocenters. The summed E-state index contributed by atoms with van der Waals surface area (Å²) in [6.07, 6.45) is 6.29.